The molecule has 2 rings (SSSR count). The Morgan fingerprint density at radius 3 is 2.87 bits per heavy atom. The molecule has 0 radical (unpaired) electrons. The highest BCUT2D eigenvalue weighted by Crippen LogP contribution is 2.29. The van der Waals surface area contributed by atoms with Crippen molar-refractivity contribution >= 4 is 17.3 Å². The van der Waals surface area contributed by atoms with Crippen LogP contribution >= 0.6 is 0 Å². The topological polar surface area (TPSA) is 70.6 Å². The van der Waals surface area contributed by atoms with E-state index in [1.54, 1.807) is 18.2 Å². The summed E-state index contributed by atoms with van der Waals surface area (Å²) in [7, 11) is 0. The third kappa shape index (κ3) is 1.87. The Balaban J connectivity index is 2.20. The maximum Gasteiger partial charge on any atom is 0.335 e. The van der Waals surface area contributed by atoms with Crippen molar-refractivity contribution in [2.24, 2.45) is 0 Å². The SMILES string of the molecule is CCOC1Nc2ccc(C(=O)O)cc2N1. The molecule has 0 amide bonds. The number of nitrogens with one attached hydrogen (secondary N) is 2. The molecule has 3 N–H and O–H groups in total. The molecule has 0 aliphatic carbocycles. The van der Waals surface area contributed by atoms with Crippen molar-refractivity contribution < 1.29 is 14.6 Å². The molecule has 80 valence electrons. The van der Waals surface area contributed by atoms with Gasteiger partial charge in [0.2, 0.25) is 6.35 Å². The summed E-state index contributed by atoms with van der Waals surface area (Å²) in [5.41, 5.74) is 1.88. The number of hydrogen-bond donors (Lipinski definition) is 3. The molecule has 5 nitrogen and oxygen atoms in total. The molecule has 1 unspecified atom stereocenters. The number of hydrogen-bond acceptors (Lipinski definition) is 4. The highest BCUT2D eigenvalue weighted by molar-refractivity contribution is 5.91. The average Bonchev–Trinajstić information content (AvgIpc) is 2.59. The fraction of sp³-hybridized carbons (Fsp3) is 0.300. The third-order valence-electron chi connectivity index (χ3n) is 2.17. The van der Waals surface area contributed by atoms with E-state index in [1.807, 2.05) is 6.92 Å². The number of anilines is 2. The molecule has 0 spiro atoms. The Morgan fingerprint density at radius 1 is 1.47 bits per heavy atom. The van der Waals surface area contributed by atoms with E-state index < -0.39 is 5.97 Å². The summed E-state index contributed by atoms with van der Waals surface area (Å²) in [5.74, 6) is -0.931. The number of ether oxygens (including phenoxy) is 1. The van der Waals surface area contributed by atoms with Crippen LogP contribution in [0.1, 0.15) is 17.3 Å². The van der Waals surface area contributed by atoms with E-state index in [4.69, 9.17) is 9.84 Å². The van der Waals surface area contributed by atoms with Gasteiger partial charge in [0, 0.05) is 6.61 Å². The van der Waals surface area contributed by atoms with Gasteiger partial charge in [0.1, 0.15) is 0 Å². The van der Waals surface area contributed by atoms with Crippen LogP contribution in [0.2, 0.25) is 0 Å². The summed E-state index contributed by atoms with van der Waals surface area (Å²) >= 11 is 0. The van der Waals surface area contributed by atoms with E-state index in [2.05, 4.69) is 10.6 Å². The standard InChI is InChI=1S/C10H12N2O3/c1-2-15-10-11-7-4-3-6(9(13)14)5-8(7)12-10/h3-5,10-12H,2H2,1H3,(H,13,14). The van der Waals surface area contributed by atoms with Gasteiger partial charge < -0.3 is 20.5 Å². The zero-order valence-corrected chi connectivity index (χ0v) is 8.28. The van der Waals surface area contributed by atoms with Crippen molar-refractivity contribution in [2.75, 3.05) is 17.2 Å². The number of aromatic carboxylic acids is 1. The lowest BCUT2D eigenvalue weighted by atomic mass is 10.2. The maximum atomic E-state index is 10.7. The van der Waals surface area contributed by atoms with Gasteiger partial charge in [-0.05, 0) is 25.1 Å². The quantitative estimate of drug-likeness (QED) is 0.702. The number of carboxylic acids is 1. The highest BCUT2D eigenvalue weighted by atomic mass is 16.5. The number of fused-ring (bicyclic) bond motifs is 1. The monoisotopic (exact) mass is 208 g/mol. The van der Waals surface area contributed by atoms with Gasteiger partial charge in [-0.1, -0.05) is 0 Å². The van der Waals surface area contributed by atoms with Crippen molar-refractivity contribution in [1.82, 2.24) is 0 Å². The summed E-state index contributed by atoms with van der Waals surface area (Å²) in [6.45, 7) is 2.49. The molecule has 15 heavy (non-hydrogen) atoms. The van der Waals surface area contributed by atoms with E-state index >= 15 is 0 Å². The molecule has 0 saturated heterocycles. The Hall–Kier alpha value is -1.75. The van der Waals surface area contributed by atoms with Gasteiger partial charge in [-0.25, -0.2) is 4.79 Å². The predicted molar refractivity (Wildman–Crippen MR) is 56.1 cm³/mol. The summed E-state index contributed by atoms with van der Waals surface area (Å²) < 4.78 is 5.32. The van der Waals surface area contributed by atoms with Crippen molar-refractivity contribution in [3.8, 4) is 0 Å². The molecule has 0 saturated carbocycles. The Labute approximate surface area is 87.1 Å². The Kier molecular flexibility index (Phi) is 2.47. The third-order valence-corrected chi connectivity index (χ3v) is 2.17. The molecule has 1 aromatic carbocycles. The van der Waals surface area contributed by atoms with Crippen molar-refractivity contribution in [2.45, 2.75) is 13.3 Å². The van der Waals surface area contributed by atoms with Crippen molar-refractivity contribution in [3.05, 3.63) is 23.8 Å². The molecule has 1 heterocycles. The number of carbonyl (C=O) groups is 1. The van der Waals surface area contributed by atoms with E-state index in [0.717, 1.165) is 11.4 Å². The van der Waals surface area contributed by atoms with Crippen molar-refractivity contribution in [1.29, 1.82) is 0 Å². The van der Waals surface area contributed by atoms with Crippen LogP contribution in [0.4, 0.5) is 11.4 Å². The van der Waals surface area contributed by atoms with Gasteiger partial charge in [-0.3, -0.25) is 0 Å². The van der Waals surface area contributed by atoms with E-state index in [9.17, 15) is 4.79 Å². The summed E-state index contributed by atoms with van der Waals surface area (Å²) in [6.07, 6.45) is -0.269. The van der Waals surface area contributed by atoms with Crippen LogP contribution in [0.15, 0.2) is 18.2 Å². The van der Waals surface area contributed by atoms with E-state index in [0.29, 0.717) is 6.61 Å². The molecule has 5 heteroatoms. The van der Waals surface area contributed by atoms with Crippen LogP contribution in [-0.4, -0.2) is 24.0 Å². The second-order valence-corrected chi connectivity index (χ2v) is 3.19. The van der Waals surface area contributed by atoms with Crippen LogP contribution in [-0.2, 0) is 4.74 Å². The first-order valence-electron chi connectivity index (χ1n) is 4.72. The van der Waals surface area contributed by atoms with Crippen LogP contribution in [0, 0.1) is 0 Å². The largest absolute Gasteiger partial charge is 0.478 e. The molecule has 1 aromatic rings. The predicted octanol–water partition coefficient (Wildman–Crippen LogP) is 1.54. The molecule has 1 atom stereocenters. The Bertz CT molecular complexity index is 392. The first-order chi connectivity index (χ1) is 7.20. The van der Waals surface area contributed by atoms with Gasteiger partial charge in [-0.2, -0.15) is 0 Å². The fourth-order valence-electron chi connectivity index (χ4n) is 1.49. The van der Waals surface area contributed by atoms with Gasteiger partial charge >= 0.3 is 5.97 Å². The average molecular weight is 208 g/mol. The lowest BCUT2D eigenvalue weighted by Gasteiger charge is -2.10. The second-order valence-electron chi connectivity index (χ2n) is 3.19. The number of benzene rings is 1. The van der Waals surface area contributed by atoms with E-state index in [-0.39, 0.29) is 11.9 Å². The van der Waals surface area contributed by atoms with Crippen LogP contribution < -0.4 is 10.6 Å². The summed E-state index contributed by atoms with van der Waals surface area (Å²) in [4.78, 5) is 10.7. The minimum absolute atomic E-state index is 0.264. The molecule has 1 aliphatic rings. The molecular weight excluding hydrogens is 196 g/mol. The molecule has 0 fully saturated rings. The van der Waals surface area contributed by atoms with E-state index in [1.165, 1.54) is 0 Å². The first-order valence-corrected chi connectivity index (χ1v) is 4.72. The van der Waals surface area contributed by atoms with Crippen LogP contribution in [0.5, 0.6) is 0 Å². The van der Waals surface area contributed by atoms with Gasteiger partial charge in [0.05, 0.1) is 16.9 Å². The molecule has 0 bridgehead atoms. The summed E-state index contributed by atoms with van der Waals surface area (Å²) in [6, 6.07) is 4.87. The maximum absolute atomic E-state index is 10.7. The minimum Gasteiger partial charge on any atom is -0.478 e. The second kappa shape index (κ2) is 3.78. The fourth-order valence-corrected chi connectivity index (χ4v) is 1.49. The van der Waals surface area contributed by atoms with Crippen LogP contribution in [0.25, 0.3) is 0 Å². The van der Waals surface area contributed by atoms with Gasteiger partial charge in [0.15, 0.2) is 0 Å². The zero-order chi connectivity index (χ0) is 10.8. The summed E-state index contributed by atoms with van der Waals surface area (Å²) in [5, 5.41) is 14.9. The zero-order valence-electron chi connectivity index (χ0n) is 8.28. The lowest BCUT2D eigenvalue weighted by molar-refractivity contribution is 0.0697. The lowest BCUT2D eigenvalue weighted by Crippen LogP contribution is -2.25. The Morgan fingerprint density at radius 2 is 2.20 bits per heavy atom. The smallest absolute Gasteiger partial charge is 0.335 e. The van der Waals surface area contributed by atoms with Crippen LogP contribution in [0.3, 0.4) is 0 Å². The molecule has 0 aromatic heterocycles. The highest BCUT2D eigenvalue weighted by Gasteiger charge is 2.20. The van der Waals surface area contributed by atoms with Gasteiger partial charge in [0.25, 0.3) is 0 Å². The van der Waals surface area contributed by atoms with Gasteiger partial charge in [-0.15, -0.1) is 0 Å². The normalized spacial score (nSPS) is 17.8. The minimum atomic E-state index is -0.931. The number of rotatable bonds is 3. The first kappa shape index (κ1) is 9.79. The molecular formula is C10H12N2O3. The number of carboxylic acid groups (broad SMARTS) is 1. The molecule has 1 aliphatic heterocycles. The van der Waals surface area contributed by atoms with Crippen molar-refractivity contribution in [3.63, 3.8) is 0 Å².